The van der Waals surface area contributed by atoms with Crippen molar-refractivity contribution in [3.05, 3.63) is 28.2 Å². The molecule has 1 saturated carbocycles. The van der Waals surface area contributed by atoms with E-state index >= 15 is 0 Å². The van der Waals surface area contributed by atoms with E-state index < -0.39 is 16.0 Å². The summed E-state index contributed by atoms with van der Waals surface area (Å²) >= 11 is 3.25. The number of carbonyl (C=O) groups is 1. The van der Waals surface area contributed by atoms with E-state index in [4.69, 9.17) is 4.74 Å². The molecule has 0 saturated heterocycles. The third-order valence-corrected chi connectivity index (χ3v) is 6.57. The van der Waals surface area contributed by atoms with Gasteiger partial charge in [-0.25, -0.2) is 17.9 Å². The minimum atomic E-state index is -3.61. The molecule has 0 heterocycles. The Kier molecular flexibility index (Phi) is 6.22. The number of esters is 1. The Morgan fingerprint density at radius 2 is 1.96 bits per heavy atom. The second kappa shape index (κ2) is 7.77. The lowest BCUT2D eigenvalue weighted by Crippen LogP contribution is -2.37. The number of ether oxygens (including phenoxy) is 1. The van der Waals surface area contributed by atoms with Crippen LogP contribution in [0.1, 0.15) is 49.9 Å². The topological polar surface area (TPSA) is 72.5 Å². The van der Waals surface area contributed by atoms with Crippen LogP contribution < -0.4 is 4.72 Å². The van der Waals surface area contributed by atoms with Crippen LogP contribution in [0.15, 0.2) is 27.6 Å². The van der Waals surface area contributed by atoms with Crippen LogP contribution in [0.25, 0.3) is 0 Å². The van der Waals surface area contributed by atoms with Gasteiger partial charge < -0.3 is 4.74 Å². The van der Waals surface area contributed by atoms with Crippen LogP contribution in [0, 0.1) is 5.92 Å². The van der Waals surface area contributed by atoms with E-state index in [2.05, 4.69) is 27.6 Å². The molecule has 1 aromatic rings. The van der Waals surface area contributed by atoms with Gasteiger partial charge in [0, 0.05) is 10.5 Å². The molecule has 0 aliphatic heterocycles. The number of carbonyl (C=O) groups excluding carboxylic acids is 1. The second-order valence-corrected chi connectivity index (χ2v) is 8.48. The molecule has 1 N–H and O–H groups in total. The Labute approximate surface area is 146 Å². The number of rotatable bonds is 5. The smallest absolute Gasteiger partial charge is 0.338 e. The average molecular weight is 404 g/mol. The summed E-state index contributed by atoms with van der Waals surface area (Å²) < 4.78 is 33.2. The molecule has 0 unspecified atom stereocenters. The maximum absolute atomic E-state index is 12.6. The molecule has 23 heavy (non-hydrogen) atoms. The predicted molar refractivity (Wildman–Crippen MR) is 91.8 cm³/mol. The van der Waals surface area contributed by atoms with E-state index in [9.17, 15) is 13.2 Å². The van der Waals surface area contributed by atoms with Crippen molar-refractivity contribution in [3.63, 3.8) is 0 Å². The maximum Gasteiger partial charge on any atom is 0.338 e. The average Bonchev–Trinajstić information content (AvgIpc) is 2.49. The van der Waals surface area contributed by atoms with E-state index in [1.165, 1.54) is 18.2 Å². The zero-order chi connectivity index (χ0) is 17.0. The molecule has 0 amide bonds. The van der Waals surface area contributed by atoms with Crippen molar-refractivity contribution >= 4 is 31.9 Å². The Morgan fingerprint density at radius 3 is 2.52 bits per heavy atom. The highest BCUT2D eigenvalue weighted by Gasteiger charge is 2.26. The lowest BCUT2D eigenvalue weighted by atomic mass is 9.88. The van der Waals surface area contributed by atoms with Gasteiger partial charge >= 0.3 is 5.97 Å². The van der Waals surface area contributed by atoms with Crippen molar-refractivity contribution in [2.75, 3.05) is 6.61 Å². The van der Waals surface area contributed by atoms with Gasteiger partial charge in [0.05, 0.1) is 17.1 Å². The molecule has 0 spiro atoms. The first kappa shape index (κ1) is 18.4. The molecule has 1 aliphatic rings. The van der Waals surface area contributed by atoms with E-state index in [1.807, 2.05) is 0 Å². The van der Waals surface area contributed by atoms with E-state index in [0.717, 1.165) is 25.7 Å². The molecular formula is C16H22BrNO4S. The molecule has 1 fully saturated rings. The molecule has 1 aromatic carbocycles. The monoisotopic (exact) mass is 403 g/mol. The molecule has 0 radical (unpaired) electrons. The van der Waals surface area contributed by atoms with Crippen LogP contribution >= 0.6 is 15.9 Å². The zero-order valence-corrected chi connectivity index (χ0v) is 15.7. The quantitative estimate of drug-likeness (QED) is 0.763. The molecule has 0 bridgehead atoms. The van der Waals surface area contributed by atoms with Crippen molar-refractivity contribution in [1.29, 1.82) is 0 Å². The Balaban J connectivity index is 2.15. The summed E-state index contributed by atoms with van der Waals surface area (Å²) in [5, 5.41) is 0. The molecule has 7 heteroatoms. The summed E-state index contributed by atoms with van der Waals surface area (Å²) in [6, 6.07) is 4.37. The van der Waals surface area contributed by atoms with Crippen LogP contribution in [0.5, 0.6) is 0 Å². The molecule has 0 aromatic heterocycles. The van der Waals surface area contributed by atoms with E-state index in [-0.39, 0.29) is 17.5 Å². The highest BCUT2D eigenvalue weighted by atomic mass is 79.9. The fourth-order valence-corrected chi connectivity index (χ4v) is 5.10. The molecule has 128 valence electrons. The summed E-state index contributed by atoms with van der Waals surface area (Å²) in [6.07, 6.45) is 3.80. The second-order valence-electron chi connectivity index (χ2n) is 5.94. The van der Waals surface area contributed by atoms with Crippen molar-refractivity contribution in [1.82, 2.24) is 4.72 Å². The summed E-state index contributed by atoms with van der Waals surface area (Å²) in [5.74, 6) is 0.192. The molecule has 0 atom stereocenters. The fourth-order valence-electron chi connectivity index (χ4n) is 2.72. The van der Waals surface area contributed by atoms with Crippen LogP contribution in [0.4, 0.5) is 0 Å². The summed E-state index contributed by atoms with van der Waals surface area (Å²) in [5.41, 5.74) is 0.323. The maximum atomic E-state index is 12.6. The highest BCUT2D eigenvalue weighted by molar-refractivity contribution is 9.10. The number of hydrogen-bond acceptors (Lipinski definition) is 4. The van der Waals surface area contributed by atoms with Gasteiger partial charge in [0.1, 0.15) is 0 Å². The fraction of sp³-hybridized carbons (Fsp3) is 0.562. The normalized spacial score (nSPS) is 21.9. The molecular weight excluding hydrogens is 382 g/mol. The zero-order valence-electron chi connectivity index (χ0n) is 13.3. The molecule has 1 aliphatic carbocycles. The number of halogens is 1. The van der Waals surface area contributed by atoms with Crippen LogP contribution in [-0.2, 0) is 14.8 Å². The first-order valence-corrected chi connectivity index (χ1v) is 10.1. The summed E-state index contributed by atoms with van der Waals surface area (Å²) in [7, 11) is -3.61. The number of benzene rings is 1. The van der Waals surface area contributed by atoms with Crippen LogP contribution in [0.2, 0.25) is 0 Å². The standard InChI is InChI=1S/C16H22BrNO4S/c1-3-22-16(19)12-6-9-15(14(17)10-12)23(20,21)18-13-7-4-11(2)5-8-13/h6,9-11,13,18H,3-5,7-8H2,1-2H3. The van der Waals surface area contributed by atoms with Crippen molar-refractivity contribution in [2.24, 2.45) is 5.92 Å². The van der Waals surface area contributed by atoms with Gasteiger partial charge in [-0.2, -0.15) is 0 Å². The van der Waals surface area contributed by atoms with Crippen molar-refractivity contribution in [3.8, 4) is 0 Å². The van der Waals surface area contributed by atoms with E-state index in [0.29, 0.717) is 16.0 Å². The Bertz CT molecular complexity index is 667. The lowest BCUT2D eigenvalue weighted by Gasteiger charge is -2.26. The van der Waals surface area contributed by atoms with Crippen LogP contribution in [0.3, 0.4) is 0 Å². The number of sulfonamides is 1. The number of nitrogens with one attached hydrogen (secondary N) is 1. The minimum absolute atomic E-state index is 0.0205. The van der Waals surface area contributed by atoms with Gasteiger partial charge in [-0.15, -0.1) is 0 Å². The lowest BCUT2D eigenvalue weighted by molar-refractivity contribution is 0.0526. The van der Waals surface area contributed by atoms with Gasteiger partial charge in [0.25, 0.3) is 0 Å². The largest absolute Gasteiger partial charge is 0.462 e. The Hall–Kier alpha value is -0.920. The van der Waals surface area contributed by atoms with Gasteiger partial charge in [-0.05, 0) is 72.7 Å². The molecule has 5 nitrogen and oxygen atoms in total. The van der Waals surface area contributed by atoms with Gasteiger partial charge in [-0.3, -0.25) is 0 Å². The molecule has 2 rings (SSSR count). The van der Waals surface area contributed by atoms with Gasteiger partial charge in [0.15, 0.2) is 0 Å². The minimum Gasteiger partial charge on any atom is -0.462 e. The predicted octanol–water partition coefficient (Wildman–Crippen LogP) is 3.48. The first-order valence-electron chi connectivity index (χ1n) is 7.82. The third kappa shape index (κ3) is 4.78. The van der Waals surface area contributed by atoms with Crippen molar-refractivity contribution in [2.45, 2.75) is 50.5 Å². The SMILES string of the molecule is CCOC(=O)c1ccc(S(=O)(=O)NC2CCC(C)CC2)c(Br)c1. The number of hydrogen-bond donors (Lipinski definition) is 1. The highest BCUT2D eigenvalue weighted by Crippen LogP contribution is 2.27. The van der Waals surface area contributed by atoms with Gasteiger partial charge in [0.2, 0.25) is 10.0 Å². The van der Waals surface area contributed by atoms with Gasteiger partial charge in [-0.1, -0.05) is 6.92 Å². The summed E-state index contributed by atoms with van der Waals surface area (Å²) in [6.45, 7) is 4.19. The Morgan fingerprint density at radius 1 is 1.30 bits per heavy atom. The first-order chi connectivity index (χ1) is 10.8. The van der Waals surface area contributed by atoms with E-state index in [1.54, 1.807) is 6.92 Å². The van der Waals surface area contributed by atoms with Crippen LogP contribution in [-0.4, -0.2) is 27.0 Å². The summed E-state index contributed by atoms with van der Waals surface area (Å²) in [4.78, 5) is 11.8. The van der Waals surface area contributed by atoms with Crippen molar-refractivity contribution < 1.29 is 17.9 Å². The third-order valence-electron chi connectivity index (χ3n) is 4.07.